The van der Waals surface area contributed by atoms with Crippen LogP contribution in [0.1, 0.15) is 22.3 Å². The zero-order chi connectivity index (χ0) is 15.7. The second-order valence-corrected chi connectivity index (χ2v) is 5.89. The minimum Gasteiger partial charge on any atom is -0.236 e. The van der Waals surface area contributed by atoms with E-state index < -0.39 is 0 Å². The van der Waals surface area contributed by atoms with Gasteiger partial charge in [0.15, 0.2) is 5.82 Å². The molecule has 2 nitrogen and oxygen atoms in total. The highest BCUT2D eigenvalue weighted by Crippen LogP contribution is 2.23. The zero-order valence-corrected chi connectivity index (χ0v) is 13.5. The molecule has 22 heavy (non-hydrogen) atoms. The fraction of sp³-hybridized carbons (Fsp3) is 0.200. The Hall–Kier alpha value is -2.48. The Balaban J connectivity index is 1.95. The molecule has 3 rings (SSSR count). The third kappa shape index (κ3) is 2.77. The van der Waals surface area contributed by atoms with E-state index in [9.17, 15) is 0 Å². The van der Waals surface area contributed by atoms with Crippen molar-refractivity contribution in [1.29, 1.82) is 0 Å². The summed E-state index contributed by atoms with van der Waals surface area (Å²) in [6, 6.07) is 12.8. The first-order chi connectivity index (χ1) is 10.5. The maximum atomic E-state index is 4.54. The fourth-order valence-corrected chi connectivity index (χ4v) is 2.43. The molecule has 0 amide bonds. The predicted molar refractivity (Wildman–Crippen MR) is 91.9 cm³/mol. The minimum atomic E-state index is 0.774. The van der Waals surface area contributed by atoms with Crippen molar-refractivity contribution in [2.45, 2.75) is 27.7 Å². The molecule has 0 N–H and O–H groups in total. The van der Waals surface area contributed by atoms with Gasteiger partial charge in [-0.25, -0.2) is 9.97 Å². The molecular weight excluding hydrogens is 268 g/mol. The summed E-state index contributed by atoms with van der Waals surface area (Å²) >= 11 is 0. The highest BCUT2D eigenvalue weighted by molar-refractivity contribution is 5.65. The van der Waals surface area contributed by atoms with Crippen molar-refractivity contribution in [1.82, 2.24) is 9.97 Å². The van der Waals surface area contributed by atoms with Crippen LogP contribution in [-0.4, -0.2) is 9.97 Å². The van der Waals surface area contributed by atoms with Gasteiger partial charge in [0.05, 0.1) is 0 Å². The second-order valence-electron chi connectivity index (χ2n) is 5.89. The van der Waals surface area contributed by atoms with Crippen LogP contribution in [0.4, 0.5) is 0 Å². The van der Waals surface area contributed by atoms with Gasteiger partial charge in [0.25, 0.3) is 0 Å². The van der Waals surface area contributed by atoms with Gasteiger partial charge in [-0.15, -0.1) is 0 Å². The summed E-state index contributed by atoms with van der Waals surface area (Å²) in [4.78, 5) is 9.07. The van der Waals surface area contributed by atoms with Crippen LogP contribution in [0.3, 0.4) is 0 Å². The number of benzene rings is 2. The van der Waals surface area contributed by atoms with Gasteiger partial charge in [-0.05, 0) is 61.6 Å². The third-order valence-corrected chi connectivity index (χ3v) is 4.26. The molecule has 1 heterocycles. The molecular formula is C20H20N2. The molecule has 110 valence electrons. The van der Waals surface area contributed by atoms with Crippen LogP contribution >= 0.6 is 0 Å². The molecule has 2 aromatic carbocycles. The molecule has 2 heteroatoms. The molecule has 0 saturated carbocycles. The highest BCUT2D eigenvalue weighted by atomic mass is 14.9. The van der Waals surface area contributed by atoms with Gasteiger partial charge in [-0.2, -0.15) is 0 Å². The number of hydrogen-bond donors (Lipinski definition) is 0. The van der Waals surface area contributed by atoms with Crippen molar-refractivity contribution in [2.24, 2.45) is 0 Å². The summed E-state index contributed by atoms with van der Waals surface area (Å²) < 4.78 is 0. The summed E-state index contributed by atoms with van der Waals surface area (Å²) in [6.07, 6.45) is 3.81. The normalized spacial score (nSPS) is 10.7. The maximum Gasteiger partial charge on any atom is 0.159 e. The van der Waals surface area contributed by atoms with Crippen molar-refractivity contribution in [2.75, 3.05) is 0 Å². The summed E-state index contributed by atoms with van der Waals surface area (Å²) in [6.45, 7) is 8.48. The Morgan fingerprint density at radius 2 is 1.05 bits per heavy atom. The van der Waals surface area contributed by atoms with Crippen molar-refractivity contribution >= 4 is 0 Å². The Morgan fingerprint density at radius 3 is 1.59 bits per heavy atom. The number of aryl methyl sites for hydroxylation is 4. The first-order valence-electron chi connectivity index (χ1n) is 7.52. The van der Waals surface area contributed by atoms with Crippen molar-refractivity contribution in [3.63, 3.8) is 0 Å². The average Bonchev–Trinajstić information content (AvgIpc) is 2.53. The Labute approximate surface area is 131 Å². The summed E-state index contributed by atoms with van der Waals surface area (Å²) in [5.41, 5.74) is 8.42. The van der Waals surface area contributed by atoms with E-state index in [-0.39, 0.29) is 0 Å². The molecule has 1 aromatic heterocycles. The van der Waals surface area contributed by atoms with Crippen LogP contribution in [0.5, 0.6) is 0 Å². The van der Waals surface area contributed by atoms with E-state index >= 15 is 0 Å². The van der Waals surface area contributed by atoms with Gasteiger partial charge in [0, 0.05) is 23.5 Å². The molecule has 0 fully saturated rings. The largest absolute Gasteiger partial charge is 0.236 e. The Morgan fingerprint density at radius 1 is 0.545 bits per heavy atom. The van der Waals surface area contributed by atoms with E-state index in [1.54, 1.807) is 0 Å². The molecule has 0 radical (unpaired) electrons. The standard InChI is InChI=1S/C20H20N2/c1-13-5-7-17(9-15(13)3)19-11-21-20(22-12-19)18-8-6-14(2)16(4)10-18/h5-12H,1-4H3. The topological polar surface area (TPSA) is 25.8 Å². The molecule has 0 aliphatic rings. The molecule has 0 aliphatic carbocycles. The SMILES string of the molecule is Cc1ccc(-c2cnc(-c3ccc(C)c(C)c3)nc2)cc1C. The van der Waals surface area contributed by atoms with Crippen LogP contribution in [0.2, 0.25) is 0 Å². The number of rotatable bonds is 2. The molecule has 0 aliphatic heterocycles. The van der Waals surface area contributed by atoms with E-state index in [1.165, 1.54) is 22.3 Å². The quantitative estimate of drug-likeness (QED) is 0.660. The molecule has 3 aromatic rings. The smallest absolute Gasteiger partial charge is 0.159 e. The van der Waals surface area contributed by atoms with Gasteiger partial charge < -0.3 is 0 Å². The molecule has 0 atom stereocenters. The molecule has 0 spiro atoms. The van der Waals surface area contributed by atoms with Crippen molar-refractivity contribution in [3.8, 4) is 22.5 Å². The third-order valence-electron chi connectivity index (χ3n) is 4.26. The molecule has 0 saturated heterocycles. The molecule has 0 unspecified atom stereocenters. The average molecular weight is 288 g/mol. The van der Waals surface area contributed by atoms with Crippen molar-refractivity contribution in [3.05, 3.63) is 71.0 Å². The lowest BCUT2D eigenvalue weighted by Crippen LogP contribution is -1.92. The van der Waals surface area contributed by atoms with Crippen LogP contribution in [0, 0.1) is 27.7 Å². The number of nitrogens with zero attached hydrogens (tertiary/aromatic N) is 2. The maximum absolute atomic E-state index is 4.54. The second kappa shape index (κ2) is 5.72. The van der Waals surface area contributed by atoms with Crippen molar-refractivity contribution < 1.29 is 0 Å². The van der Waals surface area contributed by atoms with Gasteiger partial charge in [-0.3, -0.25) is 0 Å². The Bertz CT molecular complexity index is 747. The first-order valence-corrected chi connectivity index (χ1v) is 7.52. The van der Waals surface area contributed by atoms with E-state index in [2.05, 4.69) is 74.1 Å². The van der Waals surface area contributed by atoms with Gasteiger partial charge in [0.2, 0.25) is 0 Å². The monoisotopic (exact) mass is 288 g/mol. The van der Waals surface area contributed by atoms with E-state index in [1.807, 2.05) is 12.4 Å². The van der Waals surface area contributed by atoms with Gasteiger partial charge in [0.1, 0.15) is 0 Å². The van der Waals surface area contributed by atoms with Crippen LogP contribution in [-0.2, 0) is 0 Å². The number of aromatic nitrogens is 2. The van der Waals surface area contributed by atoms with E-state index in [0.29, 0.717) is 0 Å². The predicted octanol–water partition coefficient (Wildman–Crippen LogP) is 5.04. The van der Waals surface area contributed by atoms with Crippen LogP contribution < -0.4 is 0 Å². The summed E-state index contributed by atoms with van der Waals surface area (Å²) in [5, 5.41) is 0. The van der Waals surface area contributed by atoms with Gasteiger partial charge in [-0.1, -0.05) is 30.3 Å². The summed E-state index contributed by atoms with van der Waals surface area (Å²) in [7, 11) is 0. The minimum absolute atomic E-state index is 0.774. The lowest BCUT2D eigenvalue weighted by Gasteiger charge is -2.07. The number of hydrogen-bond acceptors (Lipinski definition) is 2. The lowest BCUT2D eigenvalue weighted by molar-refractivity contribution is 1.17. The Kier molecular flexibility index (Phi) is 3.76. The van der Waals surface area contributed by atoms with Crippen LogP contribution in [0.25, 0.3) is 22.5 Å². The lowest BCUT2D eigenvalue weighted by atomic mass is 10.0. The molecule has 0 bridgehead atoms. The van der Waals surface area contributed by atoms with Gasteiger partial charge >= 0.3 is 0 Å². The highest BCUT2D eigenvalue weighted by Gasteiger charge is 2.05. The zero-order valence-electron chi connectivity index (χ0n) is 13.5. The van der Waals surface area contributed by atoms with E-state index in [0.717, 1.165) is 22.5 Å². The van der Waals surface area contributed by atoms with E-state index in [4.69, 9.17) is 0 Å². The fourth-order valence-electron chi connectivity index (χ4n) is 2.43. The summed E-state index contributed by atoms with van der Waals surface area (Å²) in [5.74, 6) is 0.774. The first kappa shape index (κ1) is 14.5. The van der Waals surface area contributed by atoms with Crippen LogP contribution in [0.15, 0.2) is 48.8 Å².